The fourth-order valence-corrected chi connectivity index (χ4v) is 2.43. The number of hydrogen-bond acceptors (Lipinski definition) is 6. The Hall–Kier alpha value is -1.40. The molecule has 2 aliphatic rings. The summed E-state index contributed by atoms with van der Waals surface area (Å²) < 4.78 is 16.5. The monoisotopic (exact) mass is 251 g/mol. The molecule has 6 nitrogen and oxygen atoms in total. The second-order valence-electron chi connectivity index (χ2n) is 4.49. The van der Waals surface area contributed by atoms with Crippen LogP contribution in [-0.4, -0.2) is 49.2 Å². The molecule has 2 fully saturated rings. The maximum absolute atomic E-state index is 5.70. The normalized spacial score (nSPS) is 22.4. The second-order valence-corrected chi connectivity index (χ2v) is 4.49. The van der Waals surface area contributed by atoms with Gasteiger partial charge in [0.05, 0.1) is 20.3 Å². The number of anilines is 1. The van der Waals surface area contributed by atoms with Gasteiger partial charge in [0.25, 0.3) is 0 Å². The molecule has 1 spiro atoms. The molecule has 0 atom stereocenters. The summed E-state index contributed by atoms with van der Waals surface area (Å²) in [5.74, 6) is 0.950. The minimum Gasteiger partial charge on any atom is -0.481 e. The van der Waals surface area contributed by atoms with E-state index in [2.05, 4.69) is 14.9 Å². The molecule has 6 heteroatoms. The van der Waals surface area contributed by atoms with E-state index in [1.54, 1.807) is 19.4 Å². The van der Waals surface area contributed by atoms with Crippen molar-refractivity contribution in [1.82, 2.24) is 9.97 Å². The molecule has 0 aromatic carbocycles. The van der Waals surface area contributed by atoms with Gasteiger partial charge in [0.1, 0.15) is 0 Å². The fraction of sp³-hybridized carbons (Fsp3) is 0.667. The predicted molar refractivity (Wildman–Crippen MR) is 64.7 cm³/mol. The molecule has 98 valence electrons. The van der Waals surface area contributed by atoms with Crippen molar-refractivity contribution in [2.75, 3.05) is 38.3 Å². The molecule has 2 aliphatic heterocycles. The lowest BCUT2D eigenvalue weighted by Crippen LogP contribution is -2.45. The Bertz CT molecular complexity index is 411. The van der Waals surface area contributed by atoms with Crippen LogP contribution in [0.5, 0.6) is 5.88 Å². The SMILES string of the molecule is COc1ccnc(N2CCC3(CC2)OCCO3)n1. The minimum atomic E-state index is -0.352. The van der Waals surface area contributed by atoms with Gasteiger partial charge in [-0.3, -0.25) is 0 Å². The van der Waals surface area contributed by atoms with Crippen LogP contribution >= 0.6 is 0 Å². The Morgan fingerprint density at radius 2 is 2.00 bits per heavy atom. The maximum atomic E-state index is 5.70. The van der Waals surface area contributed by atoms with Crippen LogP contribution in [0.4, 0.5) is 5.95 Å². The van der Waals surface area contributed by atoms with Crippen LogP contribution in [0.3, 0.4) is 0 Å². The van der Waals surface area contributed by atoms with Gasteiger partial charge in [-0.25, -0.2) is 4.98 Å². The third-order valence-corrected chi connectivity index (χ3v) is 3.45. The molecule has 0 N–H and O–H groups in total. The van der Waals surface area contributed by atoms with Crippen molar-refractivity contribution >= 4 is 5.95 Å². The highest BCUT2D eigenvalue weighted by atomic mass is 16.7. The molecule has 18 heavy (non-hydrogen) atoms. The van der Waals surface area contributed by atoms with E-state index >= 15 is 0 Å². The summed E-state index contributed by atoms with van der Waals surface area (Å²) in [4.78, 5) is 10.8. The van der Waals surface area contributed by atoms with Crippen molar-refractivity contribution in [2.24, 2.45) is 0 Å². The number of hydrogen-bond donors (Lipinski definition) is 0. The Balaban J connectivity index is 1.68. The Kier molecular flexibility index (Phi) is 3.05. The van der Waals surface area contributed by atoms with Gasteiger partial charge in [-0.05, 0) is 0 Å². The topological polar surface area (TPSA) is 56.7 Å². The van der Waals surface area contributed by atoms with Crippen molar-refractivity contribution in [3.63, 3.8) is 0 Å². The van der Waals surface area contributed by atoms with Crippen LogP contribution in [0, 0.1) is 0 Å². The number of aromatic nitrogens is 2. The molecule has 2 saturated heterocycles. The summed E-state index contributed by atoms with van der Waals surface area (Å²) in [5, 5.41) is 0. The first kappa shape index (κ1) is 11.7. The Labute approximate surface area is 106 Å². The third-order valence-electron chi connectivity index (χ3n) is 3.45. The first-order valence-corrected chi connectivity index (χ1v) is 6.21. The number of ether oxygens (including phenoxy) is 3. The maximum Gasteiger partial charge on any atom is 0.228 e. The number of piperidine rings is 1. The van der Waals surface area contributed by atoms with Gasteiger partial charge in [0.2, 0.25) is 11.8 Å². The zero-order chi connectivity index (χ0) is 12.4. The summed E-state index contributed by atoms with van der Waals surface area (Å²) in [7, 11) is 1.61. The summed E-state index contributed by atoms with van der Waals surface area (Å²) in [5.41, 5.74) is 0. The van der Waals surface area contributed by atoms with Crippen LogP contribution in [0.25, 0.3) is 0 Å². The van der Waals surface area contributed by atoms with Crippen LogP contribution < -0.4 is 9.64 Å². The molecule has 0 aliphatic carbocycles. The second kappa shape index (κ2) is 4.70. The molecule has 1 aromatic rings. The zero-order valence-electron chi connectivity index (χ0n) is 10.5. The minimum absolute atomic E-state index is 0.352. The molecule has 3 rings (SSSR count). The van der Waals surface area contributed by atoms with E-state index in [4.69, 9.17) is 14.2 Å². The Morgan fingerprint density at radius 3 is 2.67 bits per heavy atom. The first-order chi connectivity index (χ1) is 8.81. The largest absolute Gasteiger partial charge is 0.481 e. The lowest BCUT2D eigenvalue weighted by Gasteiger charge is -2.37. The highest BCUT2D eigenvalue weighted by Crippen LogP contribution is 2.32. The third kappa shape index (κ3) is 2.13. The average molecular weight is 251 g/mol. The van der Waals surface area contributed by atoms with E-state index < -0.39 is 0 Å². The van der Waals surface area contributed by atoms with Crippen LogP contribution in [-0.2, 0) is 9.47 Å². The summed E-state index contributed by atoms with van der Waals surface area (Å²) in [6.45, 7) is 3.09. The molecule has 0 radical (unpaired) electrons. The zero-order valence-corrected chi connectivity index (χ0v) is 10.5. The molecule has 0 unspecified atom stereocenters. The highest BCUT2D eigenvalue weighted by Gasteiger charge is 2.40. The van der Waals surface area contributed by atoms with Gasteiger partial charge < -0.3 is 19.1 Å². The molecule has 1 aromatic heterocycles. The predicted octanol–water partition coefficient (Wildman–Crippen LogP) is 0.828. The molecule has 0 bridgehead atoms. The van der Waals surface area contributed by atoms with Crippen molar-refractivity contribution in [3.8, 4) is 5.88 Å². The van der Waals surface area contributed by atoms with E-state index in [-0.39, 0.29) is 5.79 Å². The van der Waals surface area contributed by atoms with Crippen molar-refractivity contribution < 1.29 is 14.2 Å². The molecule has 0 saturated carbocycles. The summed E-state index contributed by atoms with van der Waals surface area (Å²) >= 11 is 0. The number of rotatable bonds is 2. The highest BCUT2D eigenvalue weighted by molar-refractivity contribution is 5.32. The lowest BCUT2D eigenvalue weighted by atomic mass is 10.0. The quantitative estimate of drug-likeness (QED) is 0.776. The molecular formula is C12H17N3O3. The van der Waals surface area contributed by atoms with Gasteiger partial charge in [-0.1, -0.05) is 0 Å². The van der Waals surface area contributed by atoms with Crippen LogP contribution in [0.2, 0.25) is 0 Å². The molecule has 0 amide bonds. The lowest BCUT2D eigenvalue weighted by molar-refractivity contribution is -0.169. The fourth-order valence-electron chi connectivity index (χ4n) is 2.43. The standard InChI is InChI=1S/C12H17N3O3/c1-16-10-2-5-13-11(14-10)15-6-3-12(4-7-15)17-8-9-18-12/h2,5H,3-4,6-9H2,1H3. The molecule has 3 heterocycles. The number of methoxy groups -OCH3 is 1. The van der Waals surface area contributed by atoms with Gasteiger partial charge in [-0.2, -0.15) is 4.98 Å². The number of nitrogens with zero attached hydrogens (tertiary/aromatic N) is 3. The van der Waals surface area contributed by atoms with Crippen molar-refractivity contribution in [3.05, 3.63) is 12.3 Å². The van der Waals surface area contributed by atoms with Crippen LogP contribution in [0.15, 0.2) is 12.3 Å². The van der Waals surface area contributed by atoms with Crippen molar-refractivity contribution in [2.45, 2.75) is 18.6 Å². The first-order valence-electron chi connectivity index (χ1n) is 6.21. The van der Waals surface area contributed by atoms with E-state index in [1.807, 2.05) is 0 Å². The molecular weight excluding hydrogens is 234 g/mol. The summed E-state index contributed by atoms with van der Waals surface area (Å²) in [6.07, 6.45) is 3.43. The average Bonchev–Trinajstić information content (AvgIpc) is 2.88. The van der Waals surface area contributed by atoms with Crippen LogP contribution in [0.1, 0.15) is 12.8 Å². The van der Waals surface area contributed by atoms with Gasteiger partial charge in [0, 0.05) is 38.2 Å². The van der Waals surface area contributed by atoms with E-state index in [0.717, 1.165) is 25.9 Å². The van der Waals surface area contributed by atoms with E-state index in [0.29, 0.717) is 25.0 Å². The van der Waals surface area contributed by atoms with Gasteiger partial charge in [0.15, 0.2) is 5.79 Å². The van der Waals surface area contributed by atoms with Gasteiger partial charge >= 0.3 is 0 Å². The summed E-state index contributed by atoms with van der Waals surface area (Å²) in [6, 6.07) is 1.75. The van der Waals surface area contributed by atoms with E-state index in [9.17, 15) is 0 Å². The van der Waals surface area contributed by atoms with E-state index in [1.165, 1.54) is 0 Å². The Morgan fingerprint density at radius 1 is 1.28 bits per heavy atom. The van der Waals surface area contributed by atoms with Crippen molar-refractivity contribution in [1.29, 1.82) is 0 Å². The smallest absolute Gasteiger partial charge is 0.228 e. The van der Waals surface area contributed by atoms with Gasteiger partial charge in [-0.15, -0.1) is 0 Å².